The molecule has 3 aliphatic carbocycles. The van der Waals surface area contributed by atoms with Crippen molar-refractivity contribution in [3.63, 3.8) is 0 Å². The molecule has 0 bridgehead atoms. The van der Waals surface area contributed by atoms with Crippen LogP contribution in [0.5, 0.6) is 11.5 Å². The first-order valence-electron chi connectivity index (χ1n) is 25.0. The Morgan fingerprint density at radius 3 is 1.71 bits per heavy atom. The average molecular weight is 921 g/mol. The quantitative estimate of drug-likeness (QED) is 0.0606. The number of hydrogen-bond donors (Lipinski definition) is 0. The number of aryl methyl sites for hydroxylation is 2. The molecule has 0 spiro atoms. The van der Waals surface area contributed by atoms with Gasteiger partial charge < -0.3 is 18.9 Å². The molecular formula is C58H64O10. The number of carbonyl (C=O) groups is 6. The summed E-state index contributed by atoms with van der Waals surface area (Å²) in [4.78, 5) is 73.9. The Kier molecular flexibility index (Phi) is 13.3. The molecule has 8 unspecified atom stereocenters. The van der Waals surface area contributed by atoms with E-state index in [0.717, 1.165) is 61.7 Å². The summed E-state index contributed by atoms with van der Waals surface area (Å²) in [6, 6.07) is 23.9. The van der Waals surface area contributed by atoms with Gasteiger partial charge >= 0.3 is 35.8 Å². The molecule has 0 saturated heterocycles. The minimum atomic E-state index is -0.765. The summed E-state index contributed by atoms with van der Waals surface area (Å²) in [5.74, 6) is 1.75. The molecule has 4 aromatic carbocycles. The van der Waals surface area contributed by atoms with Crippen molar-refractivity contribution in [3.05, 3.63) is 129 Å². The zero-order valence-corrected chi connectivity index (χ0v) is 40.1. The van der Waals surface area contributed by atoms with Crippen molar-refractivity contribution in [2.24, 2.45) is 52.3 Å². The molecule has 9 rings (SSSR count). The van der Waals surface area contributed by atoms with Gasteiger partial charge in [-0.25, -0.2) is 28.8 Å². The minimum Gasteiger partial charge on any atom is -0.423 e. The molecule has 4 aromatic rings. The number of rotatable bonds is 16. The van der Waals surface area contributed by atoms with Crippen molar-refractivity contribution in [2.75, 3.05) is 0 Å². The molecule has 0 aromatic heterocycles. The summed E-state index contributed by atoms with van der Waals surface area (Å²) in [5.41, 5.74) is 3.74. The molecule has 8 atom stereocenters. The largest absolute Gasteiger partial charge is 0.423 e. The molecule has 356 valence electrons. The fraction of sp³-hybridized carbons (Fsp3) is 0.483. The van der Waals surface area contributed by atoms with Gasteiger partial charge in [0.1, 0.15) is 11.5 Å². The predicted molar refractivity (Wildman–Crippen MR) is 256 cm³/mol. The van der Waals surface area contributed by atoms with E-state index in [1.54, 1.807) is 0 Å². The lowest BCUT2D eigenvalue weighted by Crippen LogP contribution is -2.52. The topological polar surface area (TPSA) is 139 Å². The molecule has 0 N–H and O–H groups in total. The second kappa shape index (κ2) is 19.2. The van der Waals surface area contributed by atoms with Crippen molar-refractivity contribution in [1.29, 1.82) is 0 Å². The van der Waals surface area contributed by atoms with E-state index in [2.05, 4.69) is 44.1 Å². The Bertz CT molecular complexity index is 2610. The second-order valence-electron chi connectivity index (χ2n) is 21.5. The van der Waals surface area contributed by atoms with Crippen LogP contribution in [0.1, 0.15) is 185 Å². The lowest BCUT2D eigenvalue weighted by atomic mass is 9.45. The number of ether oxygens (including phenoxy) is 4. The average Bonchev–Trinajstić information content (AvgIpc) is 3.93. The Labute approximate surface area is 399 Å². The molecular weight excluding hydrogens is 857 g/mol. The van der Waals surface area contributed by atoms with Gasteiger partial charge in [-0.05, 0) is 195 Å². The fourth-order valence-corrected chi connectivity index (χ4v) is 13.6. The van der Waals surface area contributed by atoms with E-state index in [9.17, 15) is 28.8 Å². The number of cyclic esters (lactones) is 4. The van der Waals surface area contributed by atoms with Crippen molar-refractivity contribution in [1.82, 2.24) is 0 Å². The number of esters is 6. The van der Waals surface area contributed by atoms with Gasteiger partial charge in [0.25, 0.3) is 0 Å². The van der Waals surface area contributed by atoms with E-state index in [1.807, 2.05) is 48.5 Å². The van der Waals surface area contributed by atoms with Gasteiger partial charge in [-0.1, -0.05) is 78.1 Å². The van der Waals surface area contributed by atoms with Crippen LogP contribution >= 0.6 is 0 Å². The predicted octanol–water partition coefficient (Wildman–Crippen LogP) is 12.6. The molecule has 0 radical (unpaired) electrons. The second-order valence-corrected chi connectivity index (χ2v) is 21.5. The van der Waals surface area contributed by atoms with Crippen molar-refractivity contribution >= 4 is 35.8 Å². The first-order valence-corrected chi connectivity index (χ1v) is 25.0. The van der Waals surface area contributed by atoms with Gasteiger partial charge in [0.05, 0.1) is 33.4 Å². The zero-order valence-electron chi connectivity index (χ0n) is 40.1. The van der Waals surface area contributed by atoms with E-state index in [1.165, 1.54) is 105 Å². The Morgan fingerprint density at radius 2 is 1.15 bits per heavy atom. The number of carbonyl (C=O) groups excluding carboxylic acids is 6. The van der Waals surface area contributed by atoms with Gasteiger partial charge in [0.15, 0.2) is 0 Å². The first kappa shape index (κ1) is 47.2. The van der Waals surface area contributed by atoms with Gasteiger partial charge in [-0.3, -0.25) is 0 Å². The van der Waals surface area contributed by atoms with E-state index in [4.69, 9.17) is 9.47 Å². The van der Waals surface area contributed by atoms with Gasteiger partial charge in [0, 0.05) is 0 Å². The molecule has 2 heterocycles. The van der Waals surface area contributed by atoms with Gasteiger partial charge in [-0.2, -0.15) is 0 Å². The highest BCUT2D eigenvalue weighted by Crippen LogP contribution is 2.68. The molecule has 10 heteroatoms. The summed E-state index contributed by atoms with van der Waals surface area (Å²) in [6.45, 7) is 12.5. The smallest absolute Gasteiger partial charge is 0.346 e. The maximum Gasteiger partial charge on any atom is 0.346 e. The van der Waals surface area contributed by atoms with Crippen LogP contribution in [-0.4, -0.2) is 35.8 Å². The van der Waals surface area contributed by atoms with Crippen LogP contribution in [0.3, 0.4) is 0 Å². The Balaban J connectivity index is 0.860. The van der Waals surface area contributed by atoms with Crippen molar-refractivity contribution < 1.29 is 47.7 Å². The molecule has 5 aliphatic rings. The highest BCUT2D eigenvalue weighted by molar-refractivity contribution is 6.16. The van der Waals surface area contributed by atoms with E-state index >= 15 is 0 Å². The van der Waals surface area contributed by atoms with Gasteiger partial charge in [-0.15, -0.1) is 0 Å². The fourth-order valence-electron chi connectivity index (χ4n) is 13.6. The van der Waals surface area contributed by atoms with Crippen LogP contribution in [-0.2, 0) is 22.3 Å². The number of fused-ring (bicyclic) bond motifs is 5. The SMILES string of the molecule is CC(C)CCCC(C)C1CCC2C3CCC(CCc4ccc(OC(=O)c5ccc6c(c5)C(=O)OC6=O)cc4)C(C)(CCCc4ccc(OC(=O)c5ccc6c(c5)C(=O)OC6=O)cc4)C3CCC12C. The third kappa shape index (κ3) is 9.32. The normalized spacial score (nSPS) is 26.4. The third-order valence-corrected chi connectivity index (χ3v) is 17.3. The molecule has 68 heavy (non-hydrogen) atoms. The monoisotopic (exact) mass is 920 g/mol. The lowest BCUT2D eigenvalue weighted by molar-refractivity contribution is -0.106. The van der Waals surface area contributed by atoms with Crippen LogP contribution in [0.2, 0.25) is 0 Å². The van der Waals surface area contributed by atoms with E-state index < -0.39 is 35.8 Å². The Morgan fingerprint density at radius 1 is 0.603 bits per heavy atom. The van der Waals surface area contributed by atoms with Crippen molar-refractivity contribution in [3.8, 4) is 11.5 Å². The lowest BCUT2D eigenvalue weighted by Gasteiger charge is -2.60. The summed E-state index contributed by atoms with van der Waals surface area (Å²) in [7, 11) is 0. The molecule has 10 nitrogen and oxygen atoms in total. The van der Waals surface area contributed by atoms with Crippen LogP contribution in [0.25, 0.3) is 0 Å². The van der Waals surface area contributed by atoms with Crippen LogP contribution in [0, 0.1) is 52.3 Å². The summed E-state index contributed by atoms with van der Waals surface area (Å²) in [5, 5.41) is 0. The third-order valence-electron chi connectivity index (χ3n) is 17.3. The molecule has 3 saturated carbocycles. The first-order chi connectivity index (χ1) is 32.6. The molecule has 0 amide bonds. The summed E-state index contributed by atoms with van der Waals surface area (Å²) >= 11 is 0. The standard InChI is InChI=1S/C58H64O10/c1-34(2)8-6-9-35(3)48-27-28-49-45-26-19-40(18-11-37-14-22-42(23-15-37)66-52(60)39-17-25-44-47(33-39)56(64)68-54(44)62)57(4,50(45)29-31-58(48,49)5)30-7-10-36-12-20-41(21-13-36)65-51(59)38-16-24-43-46(32-38)55(63)67-53(43)61/h12-17,20-25,32-35,40,45,48-50H,6-11,18-19,26-31H2,1-5H3. The van der Waals surface area contributed by atoms with Gasteiger partial charge in [0.2, 0.25) is 0 Å². The highest BCUT2D eigenvalue weighted by atomic mass is 16.6. The van der Waals surface area contributed by atoms with Crippen molar-refractivity contribution in [2.45, 2.75) is 125 Å². The zero-order chi connectivity index (χ0) is 47.9. The maximum atomic E-state index is 13.0. The van der Waals surface area contributed by atoms with E-state index in [0.29, 0.717) is 28.7 Å². The Hall–Kier alpha value is -5.90. The number of hydrogen-bond acceptors (Lipinski definition) is 10. The van der Waals surface area contributed by atoms with Crippen LogP contribution in [0.4, 0.5) is 0 Å². The summed E-state index contributed by atoms with van der Waals surface area (Å²) in [6.07, 6.45) is 17.0. The molecule has 3 fully saturated rings. The minimum absolute atomic E-state index is 0.0672. The van der Waals surface area contributed by atoms with E-state index in [-0.39, 0.29) is 38.8 Å². The highest BCUT2D eigenvalue weighted by Gasteiger charge is 2.59. The maximum absolute atomic E-state index is 13.0. The van der Waals surface area contributed by atoms with Crippen LogP contribution < -0.4 is 9.47 Å². The number of benzene rings is 4. The van der Waals surface area contributed by atoms with Crippen LogP contribution in [0.15, 0.2) is 84.9 Å². The molecule has 2 aliphatic heterocycles. The summed E-state index contributed by atoms with van der Waals surface area (Å²) < 4.78 is 20.7.